The van der Waals surface area contributed by atoms with E-state index in [1.165, 1.54) is 12.1 Å². The van der Waals surface area contributed by atoms with Gasteiger partial charge in [0.05, 0.1) is 12.7 Å². The molecule has 0 saturated heterocycles. The molecule has 1 aliphatic rings. The van der Waals surface area contributed by atoms with E-state index in [9.17, 15) is 8.78 Å². The van der Waals surface area contributed by atoms with Crippen molar-refractivity contribution in [3.8, 4) is 5.75 Å². The minimum Gasteiger partial charge on any atom is -0.490 e. The van der Waals surface area contributed by atoms with Gasteiger partial charge >= 0.3 is 0 Å². The molecule has 1 aliphatic carbocycles. The van der Waals surface area contributed by atoms with E-state index < -0.39 is 11.6 Å². The predicted molar refractivity (Wildman–Crippen MR) is 50.6 cm³/mol. The van der Waals surface area contributed by atoms with Crippen LogP contribution in [0.25, 0.3) is 0 Å². The molecule has 1 fully saturated rings. The van der Waals surface area contributed by atoms with E-state index in [0.717, 1.165) is 6.07 Å². The third kappa shape index (κ3) is 2.26. The largest absolute Gasteiger partial charge is 0.490 e. The molecular weight excluding hydrogens is 202 g/mol. The van der Waals surface area contributed by atoms with Crippen LogP contribution in [0.15, 0.2) is 18.2 Å². The van der Waals surface area contributed by atoms with Gasteiger partial charge in [0.2, 0.25) is 5.82 Å². The fourth-order valence-electron chi connectivity index (χ4n) is 1.64. The summed E-state index contributed by atoms with van der Waals surface area (Å²) in [5, 5.41) is 9.02. The summed E-state index contributed by atoms with van der Waals surface area (Å²) in [5.41, 5.74) is 0. The number of benzene rings is 1. The van der Waals surface area contributed by atoms with Gasteiger partial charge < -0.3 is 9.84 Å². The maximum atomic E-state index is 13.1. The number of hydrogen-bond acceptors (Lipinski definition) is 2. The average Bonchev–Trinajstić information content (AvgIpc) is 2.17. The summed E-state index contributed by atoms with van der Waals surface area (Å²) in [6.07, 6.45) is 1.10. The van der Waals surface area contributed by atoms with Gasteiger partial charge in [-0.3, -0.25) is 0 Å². The van der Waals surface area contributed by atoms with Gasteiger partial charge in [0, 0.05) is 0 Å². The molecule has 0 radical (unpaired) electrons. The zero-order valence-electron chi connectivity index (χ0n) is 8.12. The van der Waals surface area contributed by atoms with Crippen LogP contribution >= 0.6 is 0 Å². The molecule has 1 saturated carbocycles. The van der Waals surface area contributed by atoms with Gasteiger partial charge in [-0.05, 0) is 30.9 Å². The fourth-order valence-corrected chi connectivity index (χ4v) is 1.64. The van der Waals surface area contributed by atoms with Crippen molar-refractivity contribution < 1.29 is 18.6 Å². The SMILES string of the molecule is OC1CC(COc2cccc(F)c2F)C1. The monoisotopic (exact) mass is 214 g/mol. The summed E-state index contributed by atoms with van der Waals surface area (Å²) in [6, 6.07) is 3.85. The second kappa shape index (κ2) is 4.14. The Kier molecular flexibility index (Phi) is 2.86. The predicted octanol–water partition coefficient (Wildman–Crippen LogP) is 2.11. The van der Waals surface area contributed by atoms with Crippen LogP contribution < -0.4 is 4.74 Å². The van der Waals surface area contributed by atoms with E-state index in [2.05, 4.69) is 0 Å². The van der Waals surface area contributed by atoms with Crippen molar-refractivity contribution >= 4 is 0 Å². The first-order valence-corrected chi connectivity index (χ1v) is 4.91. The molecule has 0 atom stereocenters. The Morgan fingerprint density at radius 3 is 2.73 bits per heavy atom. The van der Waals surface area contributed by atoms with Crippen LogP contribution in [0.5, 0.6) is 5.75 Å². The van der Waals surface area contributed by atoms with Crippen molar-refractivity contribution in [3.63, 3.8) is 0 Å². The highest BCUT2D eigenvalue weighted by Gasteiger charge is 2.27. The lowest BCUT2D eigenvalue weighted by molar-refractivity contribution is 0.0195. The van der Waals surface area contributed by atoms with Gasteiger partial charge in [0.1, 0.15) is 0 Å². The van der Waals surface area contributed by atoms with E-state index in [-0.39, 0.29) is 17.8 Å². The van der Waals surface area contributed by atoms with Gasteiger partial charge in [-0.25, -0.2) is 4.39 Å². The smallest absolute Gasteiger partial charge is 0.200 e. The van der Waals surface area contributed by atoms with Crippen LogP contribution in [0.1, 0.15) is 12.8 Å². The summed E-state index contributed by atoms with van der Waals surface area (Å²) < 4.78 is 31.0. The summed E-state index contributed by atoms with van der Waals surface area (Å²) in [4.78, 5) is 0. The maximum Gasteiger partial charge on any atom is 0.200 e. The van der Waals surface area contributed by atoms with Crippen LogP contribution in [0.2, 0.25) is 0 Å². The van der Waals surface area contributed by atoms with E-state index in [1.807, 2.05) is 0 Å². The van der Waals surface area contributed by atoms with Crippen LogP contribution in [0, 0.1) is 17.6 Å². The summed E-state index contributed by atoms with van der Waals surface area (Å²) in [7, 11) is 0. The first-order chi connectivity index (χ1) is 7.16. The van der Waals surface area contributed by atoms with E-state index in [1.54, 1.807) is 0 Å². The van der Waals surface area contributed by atoms with Crippen molar-refractivity contribution in [2.24, 2.45) is 5.92 Å². The minimum atomic E-state index is -0.947. The molecule has 82 valence electrons. The molecule has 2 nitrogen and oxygen atoms in total. The lowest BCUT2D eigenvalue weighted by Gasteiger charge is -2.30. The molecule has 1 N–H and O–H groups in total. The number of hydrogen-bond donors (Lipinski definition) is 1. The molecule has 1 aromatic carbocycles. The normalized spacial score (nSPS) is 24.7. The highest BCUT2D eigenvalue weighted by molar-refractivity contribution is 5.25. The lowest BCUT2D eigenvalue weighted by Crippen LogP contribution is -2.32. The van der Waals surface area contributed by atoms with Gasteiger partial charge in [-0.15, -0.1) is 0 Å². The molecule has 0 aromatic heterocycles. The molecule has 15 heavy (non-hydrogen) atoms. The molecule has 0 amide bonds. The Bertz CT molecular complexity index is 348. The van der Waals surface area contributed by atoms with Crippen LogP contribution in [-0.2, 0) is 0 Å². The van der Waals surface area contributed by atoms with E-state index >= 15 is 0 Å². The second-order valence-electron chi connectivity index (χ2n) is 3.85. The molecule has 0 bridgehead atoms. The Morgan fingerprint density at radius 1 is 1.33 bits per heavy atom. The Balaban J connectivity index is 1.91. The maximum absolute atomic E-state index is 13.1. The molecule has 0 spiro atoms. The Morgan fingerprint density at radius 2 is 2.07 bits per heavy atom. The first-order valence-electron chi connectivity index (χ1n) is 4.91. The number of halogens is 2. The molecule has 0 heterocycles. The topological polar surface area (TPSA) is 29.5 Å². The first kappa shape index (κ1) is 10.4. The highest BCUT2D eigenvalue weighted by atomic mass is 19.2. The third-order valence-corrected chi connectivity index (χ3v) is 2.60. The summed E-state index contributed by atoms with van der Waals surface area (Å²) >= 11 is 0. The average molecular weight is 214 g/mol. The van der Waals surface area contributed by atoms with E-state index in [0.29, 0.717) is 19.4 Å². The fraction of sp³-hybridized carbons (Fsp3) is 0.455. The molecule has 0 unspecified atom stereocenters. The molecule has 2 rings (SSSR count). The van der Waals surface area contributed by atoms with Gasteiger partial charge in [-0.1, -0.05) is 6.07 Å². The minimum absolute atomic E-state index is 0.0589. The molecule has 0 aliphatic heterocycles. The van der Waals surface area contributed by atoms with E-state index in [4.69, 9.17) is 9.84 Å². The van der Waals surface area contributed by atoms with Crippen LogP contribution in [-0.4, -0.2) is 17.8 Å². The van der Waals surface area contributed by atoms with Gasteiger partial charge in [0.25, 0.3) is 0 Å². The Labute approximate surface area is 86.5 Å². The number of rotatable bonds is 3. The van der Waals surface area contributed by atoms with Crippen molar-refractivity contribution in [3.05, 3.63) is 29.8 Å². The number of ether oxygens (including phenoxy) is 1. The van der Waals surface area contributed by atoms with Crippen molar-refractivity contribution in [1.82, 2.24) is 0 Å². The zero-order chi connectivity index (χ0) is 10.8. The summed E-state index contributed by atoms with van der Waals surface area (Å²) in [5.74, 6) is -1.66. The molecule has 1 aromatic rings. The summed E-state index contributed by atoms with van der Waals surface area (Å²) in [6.45, 7) is 0.331. The number of aliphatic hydroxyl groups is 1. The van der Waals surface area contributed by atoms with Crippen molar-refractivity contribution in [2.75, 3.05) is 6.61 Å². The quantitative estimate of drug-likeness (QED) is 0.835. The van der Waals surface area contributed by atoms with Crippen molar-refractivity contribution in [2.45, 2.75) is 18.9 Å². The lowest BCUT2D eigenvalue weighted by atomic mass is 9.83. The zero-order valence-corrected chi connectivity index (χ0v) is 8.12. The van der Waals surface area contributed by atoms with Crippen LogP contribution in [0.4, 0.5) is 8.78 Å². The molecular formula is C11H12F2O2. The Hall–Kier alpha value is -1.16. The van der Waals surface area contributed by atoms with Gasteiger partial charge in [-0.2, -0.15) is 4.39 Å². The van der Waals surface area contributed by atoms with Gasteiger partial charge in [0.15, 0.2) is 11.6 Å². The van der Waals surface area contributed by atoms with Crippen molar-refractivity contribution in [1.29, 1.82) is 0 Å². The van der Waals surface area contributed by atoms with Crippen LogP contribution in [0.3, 0.4) is 0 Å². The molecule has 4 heteroatoms. The highest BCUT2D eigenvalue weighted by Crippen LogP contribution is 2.28. The standard InChI is InChI=1S/C11H12F2O2/c12-9-2-1-3-10(11(9)13)15-6-7-4-8(14)5-7/h1-3,7-8,14H,4-6H2. The number of aliphatic hydroxyl groups excluding tert-OH is 1. The third-order valence-electron chi connectivity index (χ3n) is 2.60. The second-order valence-corrected chi connectivity index (χ2v) is 3.85.